The molecule has 0 radical (unpaired) electrons. The Morgan fingerprint density at radius 1 is 1.00 bits per heavy atom. The van der Waals surface area contributed by atoms with Crippen LogP contribution in [0.15, 0.2) is 48.5 Å². The van der Waals surface area contributed by atoms with Crippen molar-refractivity contribution < 1.29 is 23.8 Å². The van der Waals surface area contributed by atoms with Gasteiger partial charge in [-0.2, -0.15) is 0 Å². The van der Waals surface area contributed by atoms with Crippen molar-refractivity contribution in [2.45, 2.75) is 32.3 Å². The molecule has 0 aliphatic heterocycles. The van der Waals surface area contributed by atoms with E-state index in [-0.39, 0.29) is 25.0 Å². The van der Waals surface area contributed by atoms with Crippen molar-refractivity contribution in [1.82, 2.24) is 0 Å². The zero-order valence-corrected chi connectivity index (χ0v) is 15.7. The maximum atomic E-state index is 11.9. The van der Waals surface area contributed by atoms with Gasteiger partial charge in [0.25, 0.3) is 0 Å². The normalized spacial score (nSPS) is 14.1. The van der Waals surface area contributed by atoms with Crippen LogP contribution in [0.25, 0.3) is 0 Å². The molecule has 0 heterocycles. The van der Waals surface area contributed by atoms with Crippen LogP contribution >= 0.6 is 7.60 Å². The molecule has 5 nitrogen and oxygen atoms in total. The van der Waals surface area contributed by atoms with Crippen LogP contribution in [0.1, 0.15) is 37.5 Å². The Bertz CT molecular complexity index is 722. The van der Waals surface area contributed by atoms with Crippen LogP contribution in [-0.2, 0) is 20.7 Å². The highest BCUT2D eigenvalue weighted by Gasteiger charge is 2.24. The van der Waals surface area contributed by atoms with Gasteiger partial charge in [-0.05, 0) is 35.7 Å². The quantitative estimate of drug-likeness (QED) is 0.546. The van der Waals surface area contributed by atoms with E-state index in [9.17, 15) is 9.46 Å². The lowest BCUT2D eigenvalue weighted by Gasteiger charge is -2.26. The topological polar surface area (TPSA) is 76.0 Å². The summed E-state index contributed by atoms with van der Waals surface area (Å²) in [5, 5.41) is 8.80. The molecule has 1 atom stereocenters. The smallest absolute Gasteiger partial charge is 0.332 e. The number of benzene rings is 2. The van der Waals surface area contributed by atoms with Crippen LogP contribution in [0.2, 0.25) is 0 Å². The molecule has 2 rings (SSSR count). The second kappa shape index (κ2) is 8.15. The van der Waals surface area contributed by atoms with Crippen molar-refractivity contribution in [3.8, 4) is 5.75 Å². The predicted octanol–water partition coefficient (Wildman–Crippen LogP) is 4.06. The molecule has 2 N–H and O–H groups in total. The lowest BCUT2D eigenvalue weighted by molar-refractivity contribution is 0.0985. The molecule has 25 heavy (non-hydrogen) atoms. The van der Waals surface area contributed by atoms with Crippen molar-refractivity contribution in [3.05, 3.63) is 65.2 Å². The summed E-state index contributed by atoms with van der Waals surface area (Å²) in [4.78, 5) is 9.75. The first kappa shape index (κ1) is 19.7. The molecular weight excluding hydrogens is 339 g/mol. The summed E-state index contributed by atoms with van der Waals surface area (Å²) in [6, 6.07) is 15.3. The maximum Gasteiger partial charge on any atom is 0.332 e. The van der Waals surface area contributed by atoms with E-state index >= 15 is 0 Å². The third kappa shape index (κ3) is 5.16. The minimum Gasteiger partial charge on any atom is -0.468 e. The van der Waals surface area contributed by atoms with Gasteiger partial charge in [0.05, 0.1) is 12.8 Å². The summed E-state index contributed by atoms with van der Waals surface area (Å²) in [6.45, 7) is 5.79. The van der Waals surface area contributed by atoms with Crippen LogP contribution in [0, 0.1) is 0 Å². The van der Waals surface area contributed by atoms with E-state index in [1.165, 1.54) is 0 Å². The first-order valence-corrected chi connectivity index (χ1v) is 9.95. The van der Waals surface area contributed by atoms with Crippen molar-refractivity contribution in [2.24, 2.45) is 0 Å². The minimum atomic E-state index is -3.57. The number of ether oxygens (including phenoxy) is 1. The van der Waals surface area contributed by atoms with E-state index in [0.29, 0.717) is 5.75 Å². The Kier molecular flexibility index (Phi) is 6.42. The van der Waals surface area contributed by atoms with Crippen LogP contribution in [0.5, 0.6) is 5.75 Å². The fourth-order valence-electron chi connectivity index (χ4n) is 2.71. The Morgan fingerprint density at radius 3 is 2.00 bits per heavy atom. The molecule has 0 aliphatic rings. The van der Waals surface area contributed by atoms with E-state index in [2.05, 4.69) is 13.8 Å². The van der Waals surface area contributed by atoms with E-state index in [1.54, 1.807) is 6.92 Å². The number of aliphatic hydroxyl groups is 1. The van der Waals surface area contributed by atoms with Gasteiger partial charge < -0.3 is 19.3 Å². The van der Waals surface area contributed by atoms with Gasteiger partial charge in [-0.1, -0.05) is 50.2 Å². The molecule has 0 fully saturated rings. The van der Waals surface area contributed by atoms with E-state index in [4.69, 9.17) is 14.4 Å². The predicted molar refractivity (Wildman–Crippen MR) is 97.9 cm³/mol. The van der Waals surface area contributed by atoms with Crippen molar-refractivity contribution >= 4 is 7.60 Å². The summed E-state index contributed by atoms with van der Waals surface area (Å²) >= 11 is 0. The van der Waals surface area contributed by atoms with E-state index in [1.807, 2.05) is 48.5 Å². The fourth-order valence-corrected chi connectivity index (χ4v) is 3.88. The van der Waals surface area contributed by atoms with Gasteiger partial charge in [0.1, 0.15) is 5.75 Å². The third-order valence-corrected chi connectivity index (χ3v) is 5.62. The van der Waals surface area contributed by atoms with Crippen molar-refractivity contribution in [3.63, 3.8) is 0 Å². The molecule has 0 spiro atoms. The molecule has 1 unspecified atom stereocenters. The molecule has 0 saturated carbocycles. The first-order chi connectivity index (χ1) is 11.8. The standard InChI is InChI=1S/C19H25O5P/c1-4-24-25(21,22)13-15-5-7-16(8-6-15)19(2,3)17-9-11-18(12-10-17)23-14-20/h5-12,20H,4,13-14H2,1-3H3,(H,21,22). The van der Waals surface area contributed by atoms with Crippen LogP contribution < -0.4 is 4.74 Å². The Labute approximate surface area is 148 Å². The highest BCUT2D eigenvalue weighted by molar-refractivity contribution is 7.51. The van der Waals surface area contributed by atoms with Gasteiger partial charge in [-0.25, -0.2) is 0 Å². The zero-order valence-electron chi connectivity index (χ0n) is 14.8. The summed E-state index contributed by atoms with van der Waals surface area (Å²) in [5.41, 5.74) is 2.73. The van der Waals surface area contributed by atoms with Crippen molar-refractivity contribution in [2.75, 3.05) is 13.4 Å². The number of hydrogen-bond donors (Lipinski definition) is 2. The molecule has 0 bridgehead atoms. The Morgan fingerprint density at radius 2 is 1.52 bits per heavy atom. The number of rotatable bonds is 8. The molecule has 0 aliphatic carbocycles. The average Bonchev–Trinajstić information content (AvgIpc) is 2.55. The molecule has 136 valence electrons. The lowest BCUT2D eigenvalue weighted by atomic mass is 9.78. The van der Waals surface area contributed by atoms with Gasteiger partial charge in [0.2, 0.25) is 0 Å². The van der Waals surface area contributed by atoms with Gasteiger partial charge in [0, 0.05) is 5.41 Å². The van der Waals surface area contributed by atoms with Gasteiger partial charge >= 0.3 is 7.60 Å². The van der Waals surface area contributed by atoms with Crippen LogP contribution in [-0.4, -0.2) is 23.4 Å². The van der Waals surface area contributed by atoms with Gasteiger partial charge in [-0.15, -0.1) is 0 Å². The maximum absolute atomic E-state index is 11.9. The second-order valence-electron chi connectivity index (χ2n) is 6.33. The zero-order chi connectivity index (χ0) is 18.5. The fraction of sp³-hybridized carbons (Fsp3) is 0.368. The molecule has 0 amide bonds. The summed E-state index contributed by atoms with van der Waals surface area (Å²) in [5.74, 6) is 0.618. The van der Waals surface area contributed by atoms with E-state index in [0.717, 1.165) is 16.7 Å². The van der Waals surface area contributed by atoms with E-state index < -0.39 is 7.60 Å². The summed E-state index contributed by atoms with van der Waals surface area (Å²) in [7, 11) is -3.57. The molecule has 0 saturated heterocycles. The first-order valence-electron chi connectivity index (χ1n) is 8.18. The Hall–Kier alpha value is -1.65. The third-order valence-electron chi connectivity index (χ3n) is 4.20. The summed E-state index contributed by atoms with van der Waals surface area (Å²) in [6.07, 6.45) is 0.00867. The van der Waals surface area contributed by atoms with Crippen LogP contribution in [0.4, 0.5) is 0 Å². The molecule has 2 aromatic carbocycles. The van der Waals surface area contributed by atoms with Gasteiger partial charge in [0.15, 0.2) is 6.79 Å². The number of aliphatic hydroxyl groups excluding tert-OH is 1. The molecular formula is C19H25O5P. The highest BCUT2D eigenvalue weighted by atomic mass is 31.2. The number of hydrogen-bond acceptors (Lipinski definition) is 4. The summed E-state index contributed by atoms with van der Waals surface area (Å²) < 4.78 is 21.8. The van der Waals surface area contributed by atoms with Crippen molar-refractivity contribution in [1.29, 1.82) is 0 Å². The largest absolute Gasteiger partial charge is 0.468 e. The molecule has 6 heteroatoms. The highest BCUT2D eigenvalue weighted by Crippen LogP contribution is 2.45. The Balaban J connectivity index is 2.18. The lowest BCUT2D eigenvalue weighted by Crippen LogP contribution is -2.18. The molecule has 0 aromatic heterocycles. The second-order valence-corrected chi connectivity index (χ2v) is 8.18. The van der Waals surface area contributed by atoms with Crippen LogP contribution in [0.3, 0.4) is 0 Å². The SMILES string of the molecule is CCOP(=O)(O)Cc1ccc(C(C)(C)c2ccc(OCO)cc2)cc1. The van der Waals surface area contributed by atoms with Gasteiger partial charge in [-0.3, -0.25) is 4.57 Å². The minimum absolute atomic E-state index is 0.00867. The molecule has 2 aromatic rings. The monoisotopic (exact) mass is 364 g/mol. The average molecular weight is 364 g/mol.